The fourth-order valence-corrected chi connectivity index (χ4v) is 2.24. The summed E-state index contributed by atoms with van der Waals surface area (Å²) in [4.78, 5) is 2.54. The van der Waals surface area contributed by atoms with Gasteiger partial charge in [-0.15, -0.1) is 0 Å². The molecule has 0 unspecified atom stereocenters. The number of rotatable bonds is 7. The van der Waals surface area contributed by atoms with Gasteiger partial charge < -0.3 is 4.74 Å². The van der Waals surface area contributed by atoms with E-state index in [4.69, 9.17) is 10.00 Å². The summed E-state index contributed by atoms with van der Waals surface area (Å²) in [5.41, 5.74) is 0.673. The van der Waals surface area contributed by atoms with Gasteiger partial charge >= 0.3 is 0 Å². The Balaban J connectivity index is 1.76. The average Bonchev–Trinajstić information content (AvgIpc) is 3.22. The smallest absolute Gasteiger partial charge is 0.119 e. The third kappa shape index (κ3) is 4.57. The summed E-state index contributed by atoms with van der Waals surface area (Å²) >= 11 is 0. The van der Waals surface area contributed by atoms with Crippen LogP contribution in [0.2, 0.25) is 0 Å². The van der Waals surface area contributed by atoms with Crippen molar-refractivity contribution in [2.24, 2.45) is 5.92 Å². The van der Waals surface area contributed by atoms with Crippen LogP contribution >= 0.6 is 0 Å². The van der Waals surface area contributed by atoms with Gasteiger partial charge in [-0.3, -0.25) is 4.90 Å². The first kappa shape index (κ1) is 13.9. The number of nitrogens with zero attached hydrogens (tertiary/aromatic N) is 2. The largest absolute Gasteiger partial charge is 0.492 e. The molecule has 1 fully saturated rings. The van der Waals surface area contributed by atoms with Crippen LogP contribution in [0.25, 0.3) is 0 Å². The first-order valence-electron chi connectivity index (χ1n) is 7.06. The fourth-order valence-electron chi connectivity index (χ4n) is 2.24. The third-order valence-electron chi connectivity index (χ3n) is 3.29. The number of hydrogen-bond acceptors (Lipinski definition) is 3. The first-order chi connectivity index (χ1) is 9.19. The first-order valence-corrected chi connectivity index (χ1v) is 7.06. The highest BCUT2D eigenvalue weighted by Gasteiger charge is 2.28. The van der Waals surface area contributed by atoms with Crippen LogP contribution in [0.15, 0.2) is 24.3 Å². The molecule has 0 saturated heterocycles. The molecule has 1 saturated carbocycles. The van der Waals surface area contributed by atoms with E-state index in [1.54, 1.807) is 12.1 Å². The average molecular weight is 258 g/mol. The minimum absolute atomic E-state index is 0.673. The topological polar surface area (TPSA) is 36.3 Å². The maximum atomic E-state index is 8.73. The maximum Gasteiger partial charge on any atom is 0.119 e. The van der Waals surface area contributed by atoms with Gasteiger partial charge in [0.05, 0.1) is 11.6 Å². The zero-order chi connectivity index (χ0) is 13.7. The highest BCUT2D eigenvalue weighted by Crippen LogP contribution is 2.27. The molecule has 0 heterocycles. The van der Waals surface area contributed by atoms with E-state index >= 15 is 0 Å². The Morgan fingerprint density at radius 3 is 2.53 bits per heavy atom. The summed E-state index contributed by atoms with van der Waals surface area (Å²) in [5.74, 6) is 1.55. The lowest BCUT2D eigenvalue weighted by molar-refractivity contribution is 0.185. The van der Waals surface area contributed by atoms with E-state index in [0.29, 0.717) is 11.5 Å². The Bertz CT molecular complexity index is 429. The normalized spacial score (nSPS) is 14.7. The fraction of sp³-hybridized carbons (Fsp3) is 0.562. The molecule has 0 amide bonds. The standard InChI is InChI=1S/C16H22N2O/c1-13(2)12-18(15-5-6-15)9-10-19-16-7-3-14(11-17)4-8-16/h3-4,7-8,13,15H,5-6,9-10,12H2,1-2H3. The molecule has 2 rings (SSSR count). The molecule has 0 bridgehead atoms. The number of nitriles is 1. The van der Waals surface area contributed by atoms with Gasteiger partial charge in [-0.05, 0) is 43.0 Å². The van der Waals surface area contributed by atoms with Gasteiger partial charge in [-0.1, -0.05) is 13.8 Å². The molecule has 3 nitrogen and oxygen atoms in total. The predicted octanol–water partition coefficient (Wildman–Crippen LogP) is 3.06. The molecule has 1 aliphatic rings. The van der Waals surface area contributed by atoms with Crippen molar-refractivity contribution in [1.82, 2.24) is 4.90 Å². The van der Waals surface area contributed by atoms with Gasteiger partial charge in [0.25, 0.3) is 0 Å². The second-order valence-electron chi connectivity index (χ2n) is 5.60. The van der Waals surface area contributed by atoms with E-state index < -0.39 is 0 Å². The summed E-state index contributed by atoms with van der Waals surface area (Å²) in [6, 6.07) is 10.2. The third-order valence-corrected chi connectivity index (χ3v) is 3.29. The molecular formula is C16H22N2O. The minimum atomic E-state index is 0.673. The van der Waals surface area contributed by atoms with Crippen molar-refractivity contribution >= 4 is 0 Å². The zero-order valence-electron chi connectivity index (χ0n) is 11.8. The SMILES string of the molecule is CC(C)CN(CCOc1ccc(C#N)cc1)C1CC1. The Kier molecular flexibility index (Phi) is 4.81. The van der Waals surface area contributed by atoms with Crippen LogP contribution in [0, 0.1) is 17.2 Å². The molecule has 0 radical (unpaired) electrons. The summed E-state index contributed by atoms with van der Waals surface area (Å²) in [5, 5.41) is 8.73. The predicted molar refractivity (Wildman–Crippen MR) is 76.1 cm³/mol. The van der Waals surface area contributed by atoms with Crippen LogP contribution in [-0.4, -0.2) is 30.6 Å². The van der Waals surface area contributed by atoms with Gasteiger partial charge in [0.15, 0.2) is 0 Å². The summed E-state index contributed by atoms with van der Waals surface area (Å²) < 4.78 is 5.74. The van der Waals surface area contributed by atoms with Crippen molar-refractivity contribution in [2.75, 3.05) is 19.7 Å². The van der Waals surface area contributed by atoms with Gasteiger partial charge in [-0.2, -0.15) is 5.26 Å². The Morgan fingerprint density at radius 2 is 2.00 bits per heavy atom. The Hall–Kier alpha value is -1.53. The molecule has 0 N–H and O–H groups in total. The van der Waals surface area contributed by atoms with Crippen LogP contribution < -0.4 is 4.74 Å². The lowest BCUT2D eigenvalue weighted by Gasteiger charge is -2.23. The van der Waals surface area contributed by atoms with Crippen LogP contribution in [0.5, 0.6) is 5.75 Å². The summed E-state index contributed by atoms with van der Waals surface area (Å²) in [6.07, 6.45) is 2.67. The van der Waals surface area contributed by atoms with E-state index in [9.17, 15) is 0 Å². The Labute approximate surface area is 115 Å². The van der Waals surface area contributed by atoms with Gasteiger partial charge in [0.1, 0.15) is 12.4 Å². The molecule has 0 atom stereocenters. The molecule has 3 heteroatoms. The number of benzene rings is 1. The lowest BCUT2D eigenvalue weighted by atomic mass is 10.2. The number of ether oxygens (including phenoxy) is 1. The van der Waals surface area contributed by atoms with Crippen LogP contribution in [-0.2, 0) is 0 Å². The zero-order valence-corrected chi connectivity index (χ0v) is 11.8. The quantitative estimate of drug-likeness (QED) is 0.754. The molecule has 102 valence electrons. The molecule has 0 spiro atoms. The number of hydrogen-bond donors (Lipinski definition) is 0. The molecule has 1 aliphatic carbocycles. The summed E-state index contributed by atoms with van der Waals surface area (Å²) in [7, 11) is 0. The highest BCUT2D eigenvalue weighted by molar-refractivity contribution is 5.34. The van der Waals surface area contributed by atoms with Crippen molar-refractivity contribution < 1.29 is 4.74 Å². The molecule has 1 aromatic rings. The molecule has 19 heavy (non-hydrogen) atoms. The van der Waals surface area contributed by atoms with E-state index in [1.807, 2.05) is 12.1 Å². The van der Waals surface area contributed by atoms with Crippen LogP contribution in [0.1, 0.15) is 32.3 Å². The minimum Gasteiger partial charge on any atom is -0.492 e. The van der Waals surface area contributed by atoms with Crippen molar-refractivity contribution in [2.45, 2.75) is 32.7 Å². The second-order valence-corrected chi connectivity index (χ2v) is 5.60. The highest BCUT2D eigenvalue weighted by atomic mass is 16.5. The van der Waals surface area contributed by atoms with E-state index in [2.05, 4.69) is 24.8 Å². The van der Waals surface area contributed by atoms with Crippen LogP contribution in [0.4, 0.5) is 0 Å². The molecule has 0 aromatic heterocycles. The van der Waals surface area contributed by atoms with Crippen molar-refractivity contribution in [1.29, 1.82) is 5.26 Å². The van der Waals surface area contributed by atoms with Gasteiger partial charge in [0.2, 0.25) is 0 Å². The van der Waals surface area contributed by atoms with E-state index in [-0.39, 0.29) is 0 Å². The van der Waals surface area contributed by atoms with E-state index in [1.165, 1.54) is 12.8 Å². The maximum absolute atomic E-state index is 8.73. The molecule has 0 aliphatic heterocycles. The molecule has 1 aromatic carbocycles. The molecular weight excluding hydrogens is 236 g/mol. The summed E-state index contributed by atoms with van der Waals surface area (Å²) in [6.45, 7) is 7.38. The lowest BCUT2D eigenvalue weighted by Crippen LogP contribution is -2.33. The van der Waals surface area contributed by atoms with Crippen molar-refractivity contribution in [3.05, 3.63) is 29.8 Å². The second kappa shape index (κ2) is 6.58. The van der Waals surface area contributed by atoms with Crippen molar-refractivity contribution in [3.63, 3.8) is 0 Å². The van der Waals surface area contributed by atoms with Crippen molar-refractivity contribution in [3.8, 4) is 11.8 Å². The van der Waals surface area contributed by atoms with E-state index in [0.717, 1.165) is 31.5 Å². The monoisotopic (exact) mass is 258 g/mol. The van der Waals surface area contributed by atoms with Gasteiger partial charge in [-0.25, -0.2) is 0 Å². The van der Waals surface area contributed by atoms with Crippen LogP contribution in [0.3, 0.4) is 0 Å². The van der Waals surface area contributed by atoms with Gasteiger partial charge in [0, 0.05) is 19.1 Å². The Morgan fingerprint density at radius 1 is 1.32 bits per heavy atom.